The first-order chi connectivity index (χ1) is 17.6. The summed E-state index contributed by atoms with van der Waals surface area (Å²) < 4.78 is 2.22. The molecule has 4 aromatic rings. The van der Waals surface area contributed by atoms with Gasteiger partial charge in [-0.15, -0.1) is 11.3 Å². The molecule has 1 aliphatic heterocycles. The molecule has 2 aliphatic rings. The SMILES string of the molecule is C=CC(=O)N1CCC2C[C@H](n3c(NC(=O)c4ccc(-c5ccccc5)s4)nc4ccccc43)C[C@@H]2C1. The number of piperidine rings is 1. The van der Waals surface area contributed by atoms with Gasteiger partial charge < -0.3 is 9.47 Å². The van der Waals surface area contributed by atoms with Crippen molar-refractivity contribution in [3.05, 3.63) is 84.3 Å². The van der Waals surface area contributed by atoms with Crippen LogP contribution in [0.2, 0.25) is 0 Å². The molecule has 2 aromatic heterocycles. The highest BCUT2D eigenvalue weighted by molar-refractivity contribution is 7.17. The van der Waals surface area contributed by atoms with Gasteiger partial charge in [-0.3, -0.25) is 14.9 Å². The molecule has 0 radical (unpaired) electrons. The zero-order chi connectivity index (χ0) is 24.6. The minimum Gasteiger partial charge on any atom is -0.339 e. The van der Waals surface area contributed by atoms with Crippen molar-refractivity contribution in [2.24, 2.45) is 11.8 Å². The highest BCUT2D eigenvalue weighted by atomic mass is 32.1. The summed E-state index contributed by atoms with van der Waals surface area (Å²) in [6, 6.07) is 22.3. The molecule has 182 valence electrons. The number of hydrogen-bond acceptors (Lipinski definition) is 4. The minimum absolute atomic E-state index is 0.0174. The van der Waals surface area contributed by atoms with Crippen molar-refractivity contribution in [1.29, 1.82) is 0 Å². The molecule has 3 heterocycles. The highest BCUT2D eigenvalue weighted by Crippen LogP contribution is 2.46. The first-order valence-electron chi connectivity index (χ1n) is 12.5. The van der Waals surface area contributed by atoms with E-state index in [1.54, 1.807) is 0 Å². The number of benzene rings is 2. The van der Waals surface area contributed by atoms with Crippen LogP contribution in [0.1, 0.15) is 35.0 Å². The van der Waals surface area contributed by atoms with Crippen LogP contribution in [-0.2, 0) is 4.79 Å². The predicted octanol–water partition coefficient (Wildman–Crippen LogP) is 6.00. The number of amides is 2. The van der Waals surface area contributed by atoms with Gasteiger partial charge in [0.05, 0.1) is 15.9 Å². The summed E-state index contributed by atoms with van der Waals surface area (Å²) >= 11 is 1.49. The molecule has 1 saturated carbocycles. The summed E-state index contributed by atoms with van der Waals surface area (Å²) in [5.41, 5.74) is 3.01. The number of carbonyl (C=O) groups excluding carboxylic acids is 2. The van der Waals surface area contributed by atoms with E-state index in [2.05, 4.69) is 34.7 Å². The normalized spacial score (nSPS) is 21.3. The van der Waals surface area contributed by atoms with Crippen LogP contribution >= 0.6 is 11.3 Å². The molecule has 2 aromatic carbocycles. The summed E-state index contributed by atoms with van der Waals surface area (Å²) in [7, 11) is 0. The lowest BCUT2D eigenvalue weighted by molar-refractivity contribution is -0.128. The standard InChI is InChI=1S/C29H28N4O2S/c1-2-27(34)32-15-14-20-16-22(17-21(20)18-32)33-24-11-7-6-10-23(24)30-29(33)31-28(35)26-13-12-25(36-26)19-8-4-3-5-9-19/h2-13,20-22H,1,14-18H2,(H,30,31,35)/t20?,21-,22+/m1/s1. The topological polar surface area (TPSA) is 67.2 Å². The predicted molar refractivity (Wildman–Crippen MR) is 144 cm³/mol. The fraction of sp³-hybridized carbons (Fsp3) is 0.276. The number of aromatic nitrogens is 2. The molecule has 7 heteroatoms. The van der Waals surface area contributed by atoms with Crippen LogP contribution in [-0.4, -0.2) is 39.4 Å². The second kappa shape index (κ2) is 9.39. The van der Waals surface area contributed by atoms with E-state index in [0.717, 1.165) is 53.8 Å². The summed E-state index contributed by atoms with van der Waals surface area (Å²) in [6.07, 6.45) is 4.41. The molecule has 1 N–H and O–H groups in total. The van der Waals surface area contributed by atoms with E-state index in [4.69, 9.17) is 4.98 Å². The molecule has 1 saturated heterocycles. The lowest BCUT2D eigenvalue weighted by Gasteiger charge is -2.34. The number of likely N-dealkylation sites (tertiary alicyclic amines) is 1. The van der Waals surface area contributed by atoms with Crippen molar-refractivity contribution in [1.82, 2.24) is 14.5 Å². The Kier molecular flexibility index (Phi) is 5.93. The number of carbonyl (C=O) groups is 2. The van der Waals surface area contributed by atoms with Gasteiger partial charge >= 0.3 is 0 Å². The third-order valence-electron chi connectivity index (χ3n) is 7.60. The maximum absolute atomic E-state index is 13.3. The Labute approximate surface area is 214 Å². The smallest absolute Gasteiger partial charge is 0.268 e. The number of fused-ring (bicyclic) bond motifs is 2. The van der Waals surface area contributed by atoms with Crippen molar-refractivity contribution >= 4 is 40.1 Å². The summed E-state index contributed by atoms with van der Waals surface area (Å²) in [4.78, 5) is 33.9. The lowest BCUT2D eigenvalue weighted by Crippen LogP contribution is -2.41. The Bertz CT molecular complexity index is 1440. The molecule has 3 atom stereocenters. The van der Waals surface area contributed by atoms with Crippen molar-refractivity contribution in [2.45, 2.75) is 25.3 Å². The van der Waals surface area contributed by atoms with Crippen LogP contribution in [0.5, 0.6) is 0 Å². The molecule has 0 bridgehead atoms. The molecule has 1 unspecified atom stereocenters. The second-order valence-corrected chi connectivity index (χ2v) is 10.8. The maximum Gasteiger partial charge on any atom is 0.268 e. The highest BCUT2D eigenvalue weighted by Gasteiger charge is 2.40. The van der Waals surface area contributed by atoms with Crippen LogP contribution in [0.25, 0.3) is 21.5 Å². The van der Waals surface area contributed by atoms with Gasteiger partial charge in [0.25, 0.3) is 5.91 Å². The quantitative estimate of drug-likeness (QED) is 0.345. The van der Waals surface area contributed by atoms with Gasteiger partial charge in [-0.05, 0) is 67.0 Å². The Morgan fingerprint density at radius 3 is 2.61 bits per heavy atom. The van der Waals surface area contributed by atoms with Crippen molar-refractivity contribution < 1.29 is 9.59 Å². The van der Waals surface area contributed by atoms with E-state index in [0.29, 0.717) is 22.7 Å². The lowest BCUT2D eigenvalue weighted by atomic mass is 9.89. The molecule has 2 amide bonds. The Morgan fingerprint density at radius 2 is 1.78 bits per heavy atom. The number of imidazole rings is 1. The summed E-state index contributed by atoms with van der Waals surface area (Å²) in [5.74, 6) is 1.49. The Morgan fingerprint density at radius 1 is 1.00 bits per heavy atom. The Balaban J connectivity index is 1.27. The maximum atomic E-state index is 13.3. The van der Waals surface area contributed by atoms with Crippen molar-refractivity contribution in [3.63, 3.8) is 0 Å². The van der Waals surface area contributed by atoms with Gasteiger partial charge in [-0.25, -0.2) is 4.98 Å². The van der Waals surface area contributed by atoms with Crippen molar-refractivity contribution in [3.8, 4) is 10.4 Å². The number of hydrogen-bond donors (Lipinski definition) is 1. The first-order valence-corrected chi connectivity index (χ1v) is 13.3. The van der Waals surface area contributed by atoms with Crippen LogP contribution in [0, 0.1) is 11.8 Å². The van der Waals surface area contributed by atoms with E-state index in [1.165, 1.54) is 17.4 Å². The summed E-state index contributed by atoms with van der Waals surface area (Å²) in [5, 5.41) is 3.12. The second-order valence-electron chi connectivity index (χ2n) is 9.70. The van der Waals surface area contributed by atoms with Gasteiger partial charge in [0.15, 0.2) is 0 Å². The monoisotopic (exact) mass is 496 g/mol. The van der Waals surface area contributed by atoms with Gasteiger partial charge in [0.1, 0.15) is 0 Å². The largest absolute Gasteiger partial charge is 0.339 e. The Hall–Kier alpha value is -3.71. The number of rotatable bonds is 5. The van der Waals surface area contributed by atoms with Crippen LogP contribution in [0.3, 0.4) is 0 Å². The first kappa shape index (κ1) is 22.7. The molecule has 6 nitrogen and oxygen atoms in total. The average Bonchev–Trinajstić information content (AvgIpc) is 3.64. The van der Waals surface area contributed by atoms with Gasteiger partial charge in [0.2, 0.25) is 11.9 Å². The minimum atomic E-state index is -0.142. The molecule has 0 spiro atoms. The molecule has 6 rings (SSSR count). The van der Waals surface area contributed by atoms with Gasteiger partial charge in [-0.2, -0.15) is 0 Å². The molecular weight excluding hydrogens is 468 g/mol. The van der Waals surface area contributed by atoms with Crippen LogP contribution in [0.15, 0.2) is 79.4 Å². The molecule has 36 heavy (non-hydrogen) atoms. The van der Waals surface area contributed by atoms with Gasteiger partial charge in [0, 0.05) is 24.0 Å². The molecule has 2 fully saturated rings. The third-order valence-corrected chi connectivity index (χ3v) is 8.73. The summed E-state index contributed by atoms with van der Waals surface area (Å²) in [6.45, 7) is 5.21. The van der Waals surface area contributed by atoms with E-state index in [-0.39, 0.29) is 17.9 Å². The number of nitrogens with one attached hydrogen (secondary N) is 1. The van der Waals surface area contributed by atoms with Crippen molar-refractivity contribution in [2.75, 3.05) is 18.4 Å². The van der Waals surface area contributed by atoms with E-state index in [1.807, 2.05) is 53.4 Å². The number of para-hydroxylation sites is 2. The molecular formula is C29H28N4O2S. The fourth-order valence-corrected chi connectivity index (χ4v) is 6.78. The van der Waals surface area contributed by atoms with E-state index in [9.17, 15) is 9.59 Å². The molecule has 1 aliphatic carbocycles. The number of anilines is 1. The van der Waals surface area contributed by atoms with Crippen LogP contribution in [0.4, 0.5) is 5.95 Å². The van der Waals surface area contributed by atoms with Crippen LogP contribution < -0.4 is 5.32 Å². The van der Waals surface area contributed by atoms with E-state index < -0.39 is 0 Å². The van der Waals surface area contributed by atoms with Gasteiger partial charge in [-0.1, -0.05) is 49.0 Å². The third kappa shape index (κ3) is 4.13. The fourth-order valence-electron chi connectivity index (χ4n) is 5.88. The zero-order valence-corrected chi connectivity index (χ0v) is 20.8. The number of nitrogens with zero attached hydrogens (tertiary/aromatic N) is 3. The zero-order valence-electron chi connectivity index (χ0n) is 20.0. The van der Waals surface area contributed by atoms with E-state index >= 15 is 0 Å². The average molecular weight is 497 g/mol. The number of thiophene rings is 1.